The minimum atomic E-state index is -0.398. The van der Waals surface area contributed by atoms with Crippen LogP contribution in [-0.2, 0) is 16.1 Å². The molecule has 0 bridgehead atoms. The van der Waals surface area contributed by atoms with Gasteiger partial charge in [-0.1, -0.05) is 42.5 Å². The lowest BCUT2D eigenvalue weighted by Gasteiger charge is -2.13. The number of nitrogens with one attached hydrogen (secondary N) is 2. The molecule has 0 aliphatic carbocycles. The number of benzene rings is 2. The Hall–Kier alpha value is -3.19. The highest BCUT2D eigenvalue weighted by atomic mass is 16.5. The molecule has 0 spiro atoms. The maximum atomic E-state index is 12.4. The quantitative estimate of drug-likeness (QED) is 0.584. The zero-order chi connectivity index (χ0) is 19.9. The Labute approximate surface area is 161 Å². The Morgan fingerprint density at radius 3 is 2.50 bits per heavy atom. The van der Waals surface area contributed by atoms with Crippen molar-refractivity contribution in [2.24, 2.45) is 0 Å². The third-order valence-corrected chi connectivity index (χ3v) is 4.47. The summed E-state index contributed by atoms with van der Waals surface area (Å²) >= 11 is 0. The lowest BCUT2D eigenvalue weighted by molar-refractivity contribution is -0.121. The van der Waals surface area contributed by atoms with Gasteiger partial charge in [0.25, 0.3) is 11.1 Å². The van der Waals surface area contributed by atoms with Gasteiger partial charge in [0.15, 0.2) is 0 Å². The van der Waals surface area contributed by atoms with Crippen molar-refractivity contribution in [3.8, 4) is 0 Å². The predicted octanol–water partition coefficient (Wildman–Crippen LogP) is 1.97. The summed E-state index contributed by atoms with van der Waals surface area (Å²) in [6, 6.07) is 16.4. The van der Waals surface area contributed by atoms with Gasteiger partial charge >= 0.3 is 0 Å². The zero-order valence-electron chi connectivity index (χ0n) is 15.7. The number of carbonyl (C=O) groups excluding carboxylic acids is 1. The second-order valence-corrected chi connectivity index (χ2v) is 6.51. The number of carbonyl (C=O) groups is 1. The van der Waals surface area contributed by atoms with Crippen LogP contribution < -0.4 is 16.4 Å². The van der Waals surface area contributed by atoms with E-state index >= 15 is 0 Å². The molecule has 0 radical (unpaired) electrons. The summed E-state index contributed by atoms with van der Waals surface area (Å²) in [6.07, 6.45) is 0.629. The molecule has 3 rings (SSSR count). The van der Waals surface area contributed by atoms with Crippen molar-refractivity contribution in [3.63, 3.8) is 0 Å². The van der Waals surface area contributed by atoms with Crippen molar-refractivity contribution in [2.75, 3.05) is 13.2 Å². The van der Waals surface area contributed by atoms with Crippen LogP contribution in [-0.4, -0.2) is 28.8 Å². The van der Waals surface area contributed by atoms with Crippen molar-refractivity contribution in [3.05, 3.63) is 80.9 Å². The van der Waals surface area contributed by atoms with E-state index in [9.17, 15) is 14.4 Å². The van der Waals surface area contributed by atoms with Crippen molar-refractivity contribution >= 4 is 16.7 Å². The Balaban J connectivity index is 1.47. The molecule has 3 aromatic rings. The minimum absolute atomic E-state index is 0.0156. The van der Waals surface area contributed by atoms with E-state index in [1.54, 1.807) is 24.3 Å². The molecule has 1 amide bonds. The fourth-order valence-electron chi connectivity index (χ4n) is 2.94. The number of rotatable bonds is 8. The van der Waals surface area contributed by atoms with Gasteiger partial charge in [0.05, 0.1) is 16.9 Å². The molecular weight excluding hydrogens is 358 g/mol. The molecule has 2 N–H and O–H groups in total. The highest BCUT2D eigenvalue weighted by Crippen LogP contribution is 2.15. The largest absolute Gasteiger partial charge is 0.374 e. The molecule has 7 heteroatoms. The highest BCUT2D eigenvalue weighted by Gasteiger charge is 2.10. The van der Waals surface area contributed by atoms with Crippen LogP contribution >= 0.6 is 0 Å². The van der Waals surface area contributed by atoms with Crippen LogP contribution in [0.4, 0.5) is 0 Å². The second-order valence-electron chi connectivity index (χ2n) is 6.51. The van der Waals surface area contributed by atoms with E-state index in [1.807, 2.05) is 37.3 Å². The predicted molar refractivity (Wildman–Crippen MR) is 107 cm³/mol. The first-order chi connectivity index (χ1) is 13.6. The van der Waals surface area contributed by atoms with Gasteiger partial charge in [0.1, 0.15) is 6.54 Å². The summed E-state index contributed by atoms with van der Waals surface area (Å²) in [7, 11) is 0. The fraction of sp³-hybridized carbons (Fsp3) is 0.286. The molecule has 0 saturated heterocycles. The van der Waals surface area contributed by atoms with Gasteiger partial charge in [-0.15, -0.1) is 0 Å². The lowest BCUT2D eigenvalue weighted by atomic mass is 10.1. The van der Waals surface area contributed by atoms with Gasteiger partial charge in [-0.25, -0.2) is 4.68 Å². The van der Waals surface area contributed by atoms with E-state index in [-0.39, 0.29) is 18.6 Å². The van der Waals surface area contributed by atoms with Crippen molar-refractivity contribution in [1.29, 1.82) is 0 Å². The summed E-state index contributed by atoms with van der Waals surface area (Å²) in [4.78, 5) is 36.5. The van der Waals surface area contributed by atoms with Gasteiger partial charge < -0.3 is 10.1 Å². The number of aromatic nitrogens is 2. The molecular formula is C21H23N3O4. The Kier molecular flexibility index (Phi) is 6.39. The minimum Gasteiger partial charge on any atom is -0.374 e. The number of amides is 1. The van der Waals surface area contributed by atoms with Crippen LogP contribution in [0.25, 0.3) is 10.8 Å². The molecule has 1 aromatic heterocycles. The topological polar surface area (TPSA) is 93.2 Å². The zero-order valence-corrected chi connectivity index (χ0v) is 15.7. The van der Waals surface area contributed by atoms with E-state index in [0.29, 0.717) is 30.3 Å². The maximum Gasteiger partial charge on any atom is 0.273 e. The molecule has 0 aliphatic heterocycles. The second kappa shape index (κ2) is 9.14. The van der Waals surface area contributed by atoms with Gasteiger partial charge in [0.2, 0.25) is 5.91 Å². The molecule has 0 fully saturated rings. The smallest absolute Gasteiger partial charge is 0.273 e. The lowest BCUT2D eigenvalue weighted by Crippen LogP contribution is -2.37. The van der Waals surface area contributed by atoms with E-state index in [1.165, 1.54) is 0 Å². The number of hydrogen-bond acceptors (Lipinski definition) is 4. The third-order valence-electron chi connectivity index (χ3n) is 4.47. The van der Waals surface area contributed by atoms with Crippen molar-refractivity contribution in [1.82, 2.24) is 15.1 Å². The standard InChI is InChI=1S/C21H23N3O4/c1-15(16-8-3-2-4-9-16)28-13-7-12-22-19(25)14-24-21(27)18-11-6-5-10-17(18)20(26)23-24/h2-6,8-11,15H,7,12-14H2,1H3,(H,22,25)(H,23,26). The summed E-state index contributed by atoms with van der Waals surface area (Å²) in [6.45, 7) is 2.67. The molecule has 0 saturated carbocycles. The molecule has 146 valence electrons. The highest BCUT2D eigenvalue weighted by molar-refractivity contribution is 5.81. The molecule has 28 heavy (non-hydrogen) atoms. The SMILES string of the molecule is CC(OCCCNC(=O)Cn1[nH]c(=O)c2ccccc2c1=O)c1ccccc1. The van der Waals surface area contributed by atoms with E-state index < -0.39 is 11.1 Å². The van der Waals surface area contributed by atoms with Crippen LogP contribution in [0.15, 0.2) is 64.2 Å². The number of nitrogens with zero attached hydrogens (tertiary/aromatic N) is 1. The summed E-state index contributed by atoms with van der Waals surface area (Å²) in [5, 5.41) is 5.79. The molecule has 1 heterocycles. The van der Waals surface area contributed by atoms with Crippen LogP contribution in [0.3, 0.4) is 0 Å². The van der Waals surface area contributed by atoms with E-state index in [2.05, 4.69) is 10.4 Å². The average molecular weight is 381 g/mol. The summed E-state index contributed by atoms with van der Waals surface area (Å²) in [5.74, 6) is -0.343. The van der Waals surface area contributed by atoms with E-state index in [4.69, 9.17) is 4.74 Å². The summed E-state index contributed by atoms with van der Waals surface area (Å²) < 4.78 is 6.79. The first kappa shape index (κ1) is 19.6. The van der Waals surface area contributed by atoms with E-state index in [0.717, 1.165) is 10.2 Å². The Morgan fingerprint density at radius 2 is 1.75 bits per heavy atom. The van der Waals surface area contributed by atoms with Gasteiger partial charge in [-0.2, -0.15) is 0 Å². The van der Waals surface area contributed by atoms with Gasteiger partial charge in [-0.3, -0.25) is 19.5 Å². The molecule has 1 atom stereocenters. The van der Waals surface area contributed by atoms with Crippen LogP contribution in [0.5, 0.6) is 0 Å². The normalized spacial score (nSPS) is 12.0. The fourth-order valence-corrected chi connectivity index (χ4v) is 2.94. The molecule has 1 unspecified atom stereocenters. The molecule has 2 aromatic carbocycles. The number of hydrogen-bond donors (Lipinski definition) is 2. The monoisotopic (exact) mass is 381 g/mol. The first-order valence-corrected chi connectivity index (χ1v) is 9.21. The number of fused-ring (bicyclic) bond motifs is 1. The van der Waals surface area contributed by atoms with Gasteiger partial charge in [0, 0.05) is 13.2 Å². The van der Waals surface area contributed by atoms with Gasteiger partial charge in [-0.05, 0) is 31.0 Å². The van der Waals surface area contributed by atoms with Crippen molar-refractivity contribution in [2.45, 2.75) is 26.0 Å². The third kappa shape index (κ3) is 4.75. The van der Waals surface area contributed by atoms with Crippen LogP contribution in [0.1, 0.15) is 25.0 Å². The van der Waals surface area contributed by atoms with Crippen molar-refractivity contribution < 1.29 is 9.53 Å². The van der Waals surface area contributed by atoms with Crippen LogP contribution in [0, 0.1) is 0 Å². The Morgan fingerprint density at radius 1 is 1.07 bits per heavy atom. The summed E-state index contributed by atoms with van der Waals surface area (Å²) in [5.41, 5.74) is 0.308. The molecule has 0 aliphatic rings. The average Bonchev–Trinajstić information content (AvgIpc) is 2.72. The maximum absolute atomic E-state index is 12.4. The number of aromatic amines is 1. The molecule has 7 nitrogen and oxygen atoms in total. The first-order valence-electron chi connectivity index (χ1n) is 9.21. The Bertz CT molecular complexity index is 1060. The number of ether oxygens (including phenoxy) is 1. The number of H-pyrrole nitrogens is 1. The van der Waals surface area contributed by atoms with Crippen LogP contribution in [0.2, 0.25) is 0 Å².